The Kier molecular flexibility index (Phi) is 4.68. The summed E-state index contributed by atoms with van der Waals surface area (Å²) in [6, 6.07) is 8.39. The van der Waals surface area contributed by atoms with Crippen LogP contribution < -0.4 is 5.73 Å². The van der Waals surface area contributed by atoms with E-state index in [2.05, 4.69) is 4.99 Å². The van der Waals surface area contributed by atoms with Gasteiger partial charge < -0.3 is 5.73 Å². The highest BCUT2D eigenvalue weighted by atomic mass is 19.4. The van der Waals surface area contributed by atoms with Crippen molar-refractivity contribution in [1.29, 1.82) is 0 Å². The van der Waals surface area contributed by atoms with Crippen LogP contribution >= 0.6 is 0 Å². The maximum absolute atomic E-state index is 13.0. The van der Waals surface area contributed by atoms with Crippen LogP contribution in [-0.4, -0.2) is 30.4 Å². The lowest BCUT2D eigenvalue weighted by molar-refractivity contribution is -0.103. The Morgan fingerprint density at radius 2 is 1.91 bits per heavy atom. The molecule has 2 N–H and O–H groups in total. The summed E-state index contributed by atoms with van der Waals surface area (Å²) >= 11 is 0. The van der Waals surface area contributed by atoms with Crippen molar-refractivity contribution >= 4 is 17.8 Å². The molecule has 0 fully saturated rings. The molecule has 1 aromatic carbocycles. The molecule has 0 aromatic heterocycles. The molecular weight excluding hydrogens is 307 g/mol. The standard InChI is InChI=1S/C16H14F3N3O/c1-21-15(20)22-8-7-12(16(17,18)19)9-14(22)13(10-23)11-5-3-2-4-6-11/h2-10H,1H3,(H2,20,21)/b14-13+. The summed E-state index contributed by atoms with van der Waals surface area (Å²) in [4.78, 5) is 16.5. The Hall–Kier alpha value is -2.83. The molecule has 4 nitrogen and oxygen atoms in total. The molecule has 1 aliphatic rings. The number of allylic oxidation sites excluding steroid dienone is 4. The summed E-state index contributed by atoms with van der Waals surface area (Å²) in [5.41, 5.74) is 5.44. The minimum atomic E-state index is -4.53. The Balaban J connectivity index is 2.68. The van der Waals surface area contributed by atoms with Crippen molar-refractivity contribution in [2.45, 2.75) is 6.18 Å². The third-order valence-corrected chi connectivity index (χ3v) is 3.24. The van der Waals surface area contributed by atoms with Crippen LogP contribution in [0, 0.1) is 0 Å². The summed E-state index contributed by atoms with van der Waals surface area (Å²) in [5.74, 6) is -0.0241. The number of benzene rings is 1. The smallest absolute Gasteiger partial charge is 0.369 e. The second-order valence-electron chi connectivity index (χ2n) is 4.65. The first-order valence-electron chi connectivity index (χ1n) is 6.62. The number of aldehydes is 1. The SMILES string of the molecule is C/N=C(/N)N1C=CC(C(F)(F)F)=C/C1=C(/C=O)c1ccccc1. The lowest BCUT2D eigenvalue weighted by Gasteiger charge is -2.26. The monoisotopic (exact) mass is 321 g/mol. The van der Waals surface area contributed by atoms with E-state index in [4.69, 9.17) is 5.73 Å². The third-order valence-electron chi connectivity index (χ3n) is 3.24. The minimum absolute atomic E-state index is 0.0177. The second-order valence-corrected chi connectivity index (χ2v) is 4.65. The van der Waals surface area contributed by atoms with Crippen LogP contribution in [0.3, 0.4) is 0 Å². The summed E-state index contributed by atoms with van der Waals surface area (Å²) in [5, 5.41) is 0. The summed E-state index contributed by atoms with van der Waals surface area (Å²) in [7, 11) is 1.41. The topological polar surface area (TPSA) is 58.7 Å². The average molecular weight is 321 g/mol. The van der Waals surface area contributed by atoms with E-state index in [9.17, 15) is 18.0 Å². The molecule has 7 heteroatoms. The fraction of sp³-hybridized carbons (Fsp3) is 0.125. The van der Waals surface area contributed by atoms with Crippen molar-refractivity contribution in [1.82, 2.24) is 4.90 Å². The van der Waals surface area contributed by atoms with Crippen LogP contribution in [0.4, 0.5) is 13.2 Å². The first kappa shape index (κ1) is 16.5. The second kappa shape index (κ2) is 6.51. The Labute approximate surface area is 131 Å². The normalized spacial score (nSPS) is 17.8. The lowest BCUT2D eigenvalue weighted by Crippen LogP contribution is -2.34. The summed E-state index contributed by atoms with van der Waals surface area (Å²) < 4.78 is 39.0. The number of hydrogen-bond donors (Lipinski definition) is 1. The van der Waals surface area contributed by atoms with E-state index in [1.807, 2.05) is 0 Å². The molecule has 0 spiro atoms. The molecule has 1 aliphatic heterocycles. The molecule has 0 radical (unpaired) electrons. The van der Waals surface area contributed by atoms with Gasteiger partial charge in [0.1, 0.15) is 0 Å². The number of carbonyl (C=O) groups excluding carboxylic acids is 1. The first-order chi connectivity index (χ1) is 10.9. The van der Waals surface area contributed by atoms with E-state index in [-0.39, 0.29) is 17.2 Å². The van der Waals surface area contributed by atoms with Gasteiger partial charge in [0.15, 0.2) is 12.2 Å². The molecule has 0 saturated heterocycles. The summed E-state index contributed by atoms with van der Waals surface area (Å²) in [6.45, 7) is 0. The van der Waals surface area contributed by atoms with Crippen LogP contribution in [0.25, 0.3) is 5.57 Å². The van der Waals surface area contributed by atoms with Crippen molar-refractivity contribution in [2.75, 3.05) is 7.05 Å². The Bertz CT molecular complexity index is 716. The van der Waals surface area contributed by atoms with Gasteiger partial charge in [0, 0.05) is 18.8 Å². The van der Waals surface area contributed by atoms with Crippen LogP contribution in [0.2, 0.25) is 0 Å². The molecule has 2 rings (SSSR count). The zero-order valence-corrected chi connectivity index (χ0v) is 12.2. The minimum Gasteiger partial charge on any atom is -0.369 e. The molecule has 0 saturated carbocycles. The number of alkyl halides is 3. The zero-order chi connectivity index (χ0) is 17.0. The van der Waals surface area contributed by atoms with Crippen molar-refractivity contribution in [3.63, 3.8) is 0 Å². The number of aliphatic imine (C=N–C) groups is 1. The molecule has 0 atom stereocenters. The molecule has 0 unspecified atom stereocenters. The van der Waals surface area contributed by atoms with E-state index < -0.39 is 11.7 Å². The molecule has 0 amide bonds. The van der Waals surface area contributed by atoms with E-state index in [0.717, 1.165) is 18.4 Å². The van der Waals surface area contributed by atoms with Gasteiger partial charge in [-0.05, 0) is 17.7 Å². The van der Waals surface area contributed by atoms with Crippen LogP contribution in [0.15, 0.2) is 64.9 Å². The highest BCUT2D eigenvalue weighted by Crippen LogP contribution is 2.33. The fourth-order valence-corrected chi connectivity index (χ4v) is 2.09. The van der Waals surface area contributed by atoms with E-state index in [0.29, 0.717) is 11.8 Å². The number of hydrogen-bond acceptors (Lipinski definition) is 2. The largest absolute Gasteiger partial charge is 0.416 e. The van der Waals surface area contributed by atoms with Crippen molar-refractivity contribution in [2.24, 2.45) is 10.7 Å². The quantitative estimate of drug-likeness (QED) is 0.394. The molecule has 120 valence electrons. The van der Waals surface area contributed by atoms with Crippen molar-refractivity contribution in [3.05, 3.63) is 65.5 Å². The number of nitrogens with zero attached hydrogens (tertiary/aromatic N) is 2. The molecule has 0 bridgehead atoms. The van der Waals surface area contributed by atoms with Gasteiger partial charge in [0.25, 0.3) is 0 Å². The van der Waals surface area contributed by atoms with Gasteiger partial charge in [-0.25, -0.2) is 0 Å². The Morgan fingerprint density at radius 3 is 2.43 bits per heavy atom. The number of rotatable bonds is 2. The third kappa shape index (κ3) is 3.50. The number of carbonyl (C=O) groups is 1. The summed E-state index contributed by atoms with van der Waals surface area (Å²) in [6.07, 6.45) is -1.11. The van der Waals surface area contributed by atoms with Gasteiger partial charge in [0.05, 0.1) is 11.3 Å². The maximum atomic E-state index is 13.0. The molecule has 1 heterocycles. The molecule has 1 aromatic rings. The van der Waals surface area contributed by atoms with Gasteiger partial charge in [-0.2, -0.15) is 13.2 Å². The van der Waals surface area contributed by atoms with Crippen LogP contribution in [0.5, 0.6) is 0 Å². The Morgan fingerprint density at radius 1 is 1.26 bits per heavy atom. The van der Waals surface area contributed by atoms with Crippen LogP contribution in [-0.2, 0) is 4.79 Å². The fourth-order valence-electron chi connectivity index (χ4n) is 2.09. The predicted molar refractivity (Wildman–Crippen MR) is 82.1 cm³/mol. The van der Waals surface area contributed by atoms with Crippen molar-refractivity contribution in [3.8, 4) is 0 Å². The highest BCUT2D eigenvalue weighted by Gasteiger charge is 2.34. The molecular formula is C16H14F3N3O. The van der Waals surface area contributed by atoms with Gasteiger partial charge >= 0.3 is 6.18 Å². The van der Waals surface area contributed by atoms with Crippen molar-refractivity contribution < 1.29 is 18.0 Å². The van der Waals surface area contributed by atoms with Gasteiger partial charge in [-0.15, -0.1) is 0 Å². The van der Waals surface area contributed by atoms with Gasteiger partial charge in [-0.3, -0.25) is 14.7 Å². The van der Waals surface area contributed by atoms with E-state index in [1.165, 1.54) is 11.9 Å². The van der Waals surface area contributed by atoms with Gasteiger partial charge in [-0.1, -0.05) is 30.3 Å². The van der Waals surface area contributed by atoms with E-state index >= 15 is 0 Å². The first-order valence-corrected chi connectivity index (χ1v) is 6.62. The highest BCUT2D eigenvalue weighted by molar-refractivity contribution is 6.10. The number of halogens is 3. The van der Waals surface area contributed by atoms with Crippen LogP contribution in [0.1, 0.15) is 5.56 Å². The number of nitrogens with two attached hydrogens (primary N) is 1. The molecule has 0 aliphatic carbocycles. The predicted octanol–water partition coefficient (Wildman–Crippen LogP) is 2.86. The lowest BCUT2D eigenvalue weighted by atomic mass is 10.0. The number of guanidine groups is 1. The van der Waals surface area contributed by atoms with Gasteiger partial charge in [0.2, 0.25) is 0 Å². The average Bonchev–Trinajstić information content (AvgIpc) is 2.55. The molecule has 23 heavy (non-hydrogen) atoms. The van der Waals surface area contributed by atoms with E-state index in [1.54, 1.807) is 30.3 Å². The maximum Gasteiger partial charge on any atom is 0.416 e. The zero-order valence-electron chi connectivity index (χ0n) is 12.2.